The van der Waals surface area contributed by atoms with Crippen molar-refractivity contribution in [3.05, 3.63) is 24.0 Å². The third kappa shape index (κ3) is 2.22. The van der Waals surface area contributed by atoms with Gasteiger partial charge in [-0.15, -0.1) is 0 Å². The van der Waals surface area contributed by atoms with E-state index in [1.54, 1.807) is 16.9 Å². The summed E-state index contributed by atoms with van der Waals surface area (Å²) in [5, 5.41) is 15.5. The van der Waals surface area contributed by atoms with Crippen LogP contribution in [0.5, 0.6) is 0 Å². The molecule has 2 heterocycles. The van der Waals surface area contributed by atoms with Crippen molar-refractivity contribution in [2.75, 3.05) is 12.9 Å². The van der Waals surface area contributed by atoms with Gasteiger partial charge in [0.15, 0.2) is 10.9 Å². The number of thioether (sulfide) groups is 1. The van der Waals surface area contributed by atoms with E-state index in [4.69, 9.17) is 5.73 Å². The Morgan fingerprint density at radius 2 is 2.29 bits per heavy atom. The molecule has 3 N–H and O–H groups in total. The Bertz CT molecular complexity index is 845. The quantitative estimate of drug-likeness (QED) is 0.545. The minimum atomic E-state index is -0.602. The second-order valence-corrected chi connectivity index (χ2v) is 5.19. The monoisotopic (exact) mass is 303 g/mol. The number of benzene rings is 1. The van der Waals surface area contributed by atoms with E-state index < -0.39 is 5.91 Å². The average molecular weight is 303 g/mol. The molecule has 108 valence electrons. The number of aromatic nitrogens is 4. The van der Waals surface area contributed by atoms with Crippen LogP contribution in [-0.2, 0) is 6.54 Å². The molecule has 21 heavy (non-hydrogen) atoms. The van der Waals surface area contributed by atoms with Gasteiger partial charge in [-0.2, -0.15) is 5.10 Å². The van der Waals surface area contributed by atoms with Crippen LogP contribution in [0.3, 0.4) is 0 Å². The zero-order chi connectivity index (χ0) is 15.0. The van der Waals surface area contributed by atoms with E-state index in [1.807, 2.05) is 12.3 Å². The topological polar surface area (TPSA) is 107 Å². The molecule has 0 atom stereocenters. The van der Waals surface area contributed by atoms with Crippen LogP contribution in [0.1, 0.15) is 10.5 Å². The first-order valence-electron chi connectivity index (χ1n) is 6.26. The summed E-state index contributed by atoms with van der Waals surface area (Å²) in [6, 6.07) is 3.61. The van der Waals surface area contributed by atoms with Crippen LogP contribution < -0.4 is 5.73 Å². The molecule has 0 aliphatic heterocycles. The van der Waals surface area contributed by atoms with Crippen molar-refractivity contribution in [2.45, 2.75) is 11.7 Å². The summed E-state index contributed by atoms with van der Waals surface area (Å²) < 4.78 is 1.56. The number of nitrogens with two attached hydrogens (primary N) is 1. The largest absolute Gasteiger partial charge is 0.394 e. The fraction of sp³-hybridized carbons (Fsp3) is 0.231. The Labute approximate surface area is 124 Å². The predicted octanol–water partition coefficient (Wildman–Crippen LogP) is 0.793. The minimum absolute atomic E-state index is 0.0914. The maximum atomic E-state index is 11.5. The van der Waals surface area contributed by atoms with Gasteiger partial charge in [0.1, 0.15) is 5.52 Å². The average Bonchev–Trinajstić information content (AvgIpc) is 2.86. The molecule has 1 amide bonds. The number of nitrogens with zero attached hydrogens (tertiary/aromatic N) is 4. The Morgan fingerprint density at radius 1 is 1.48 bits per heavy atom. The zero-order valence-electron chi connectivity index (χ0n) is 11.3. The summed E-state index contributed by atoms with van der Waals surface area (Å²) in [5.41, 5.74) is 6.94. The molecule has 3 aromatic rings. The number of aliphatic hydroxyl groups is 1. The van der Waals surface area contributed by atoms with Gasteiger partial charge in [0.25, 0.3) is 5.91 Å². The Balaban J connectivity index is 2.43. The molecule has 0 aliphatic carbocycles. The molecule has 8 heteroatoms. The van der Waals surface area contributed by atoms with Gasteiger partial charge < -0.3 is 10.8 Å². The van der Waals surface area contributed by atoms with Crippen LogP contribution in [0.4, 0.5) is 0 Å². The molecule has 0 radical (unpaired) electrons. The van der Waals surface area contributed by atoms with E-state index in [-0.39, 0.29) is 18.8 Å². The highest BCUT2D eigenvalue weighted by Gasteiger charge is 2.18. The lowest BCUT2D eigenvalue weighted by Crippen LogP contribution is -2.13. The second kappa shape index (κ2) is 5.30. The van der Waals surface area contributed by atoms with E-state index in [0.29, 0.717) is 21.6 Å². The molecule has 0 aliphatic rings. The van der Waals surface area contributed by atoms with Crippen molar-refractivity contribution in [3.63, 3.8) is 0 Å². The first-order valence-corrected chi connectivity index (χ1v) is 7.49. The van der Waals surface area contributed by atoms with Crippen molar-refractivity contribution < 1.29 is 9.90 Å². The van der Waals surface area contributed by atoms with Crippen molar-refractivity contribution in [2.24, 2.45) is 5.73 Å². The van der Waals surface area contributed by atoms with Crippen LogP contribution >= 0.6 is 11.8 Å². The van der Waals surface area contributed by atoms with E-state index in [0.717, 1.165) is 5.39 Å². The lowest BCUT2D eigenvalue weighted by Gasteiger charge is -2.04. The summed E-state index contributed by atoms with van der Waals surface area (Å²) in [6.45, 7) is 0.174. The minimum Gasteiger partial charge on any atom is -0.394 e. The maximum Gasteiger partial charge on any atom is 0.269 e. The van der Waals surface area contributed by atoms with Crippen molar-refractivity contribution in [1.82, 2.24) is 19.7 Å². The Hall–Kier alpha value is -2.19. The maximum absolute atomic E-state index is 11.5. The number of hydrogen-bond donors (Lipinski definition) is 2. The van der Waals surface area contributed by atoms with Crippen LogP contribution in [0.2, 0.25) is 0 Å². The molecular weight excluding hydrogens is 290 g/mol. The second-order valence-electron chi connectivity index (χ2n) is 4.42. The number of primary amides is 1. The van der Waals surface area contributed by atoms with Gasteiger partial charge in [-0.1, -0.05) is 17.8 Å². The third-order valence-electron chi connectivity index (χ3n) is 3.17. The van der Waals surface area contributed by atoms with Crippen LogP contribution in [-0.4, -0.2) is 43.6 Å². The SMILES string of the molecule is CSc1ncc2ccc3c(C(N)=O)nn(CCO)c3c2n1. The number of rotatable bonds is 4. The number of amides is 1. The molecule has 0 saturated heterocycles. The summed E-state index contributed by atoms with van der Waals surface area (Å²) in [7, 11) is 0. The molecular formula is C13H13N5O2S. The summed E-state index contributed by atoms with van der Waals surface area (Å²) in [6.07, 6.45) is 3.62. The standard InChI is InChI=1S/C13H13N5O2S/c1-21-13-15-6-7-2-3-8-10(12(14)20)17-18(4-5-19)11(8)9(7)16-13/h2-3,6,19H,4-5H2,1H3,(H2,14,20). The highest BCUT2D eigenvalue weighted by atomic mass is 32.2. The number of fused-ring (bicyclic) bond motifs is 3. The number of aliphatic hydroxyl groups excluding tert-OH is 1. The van der Waals surface area contributed by atoms with Gasteiger partial charge in [0, 0.05) is 17.0 Å². The highest BCUT2D eigenvalue weighted by molar-refractivity contribution is 7.98. The predicted molar refractivity (Wildman–Crippen MR) is 80.2 cm³/mol. The normalized spacial score (nSPS) is 11.3. The Morgan fingerprint density at radius 3 is 2.95 bits per heavy atom. The van der Waals surface area contributed by atoms with Gasteiger partial charge in [0.05, 0.1) is 18.7 Å². The molecule has 1 aromatic carbocycles. The molecule has 7 nitrogen and oxygen atoms in total. The zero-order valence-corrected chi connectivity index (χ0v) is 12.1. The molecule has 2 aromatic heterocycles. The van der Waals surface area contributed by atoms with E-state index in [1.165, 1.54) is 11.8 Å². The van der Waals surface area contributed by atoms with Gasteiger partial charge >= 0.3 is 0 Å². The third-order valence-corrected chi connectivity index (χ3v) is 3.73. The molecule has 3 rings (SSSR count). The van der Waals surface area contributed by atoms with Crippen LogP contribution in [0.25, 0.3) is 21.8 Å². The van der Waals surface area contributed by atoms with Gasteiger partial charge in [0.2, 0.25) is 0 Å². The first-order chi connectivity index (χ1) is 10.2. The van der Waals surface area contributed by atoms with Gasteiger partial charge in [-0.3, -0.25) is 9.48 Å². The summed E-state index contributed by atoms with van der Waals surface area (Å²) in [5.74, 6) is -0.602. The molecule has 0 saturated carbocycles. The van der Waals surface area contributed by atoms with Crippen molar-refractivity contribution in [1.29, 1.82) is 0 Å². The van der Waals surface area contributed by atoms with E-state index >= 15 is 0 Å². The summed E-state index contributed by atoms with van der Waals surface area (Å²) >= 11 is 1.43. The van der Waals surface area contributed by atoms with Crippen LogP contribution in [0.15, 0.2) is 23.5 Å². The first kappa shape index (κ1) is 13.8. The molecule has 0 unspecified atom stereocenters. The number of carbonyl (C=O) groups excluding carboxylic acids is 1. The Kier molecular flexibility index (Phi) is 3.48. The highest BCUT2D eigenvalue weighted by Crippen LogP contribution is 2.27. The smallest absolute Gasteiger partial charge is 0.269 e. The van der Waals surface area contributed by atoms with Crippen molar-refractivity contribution >= 4 is 39.5 Å². The lowest BCUT2D eigenvalue weighted by atomic mass is 10.1. The van der Waals surface area contributed by atoms with E-state index in [2.05, 4.69) is 15.1 Å². The lowest BCUT2D eigenvalue weighted by molar-refractivity contribution is 0.0996. The van der Waals surface area contributed by atoms with Gasteiger partial charge in [-0.05, 0) is 12.3 Å². The fourth-order valence-electron chi connectivity index (χ4n) is 2.28. The van der Waals surface area contributed by atoms with E-state index in [9.17, 15) is 9.90 Å². The summed E-state index contributed by atoms with van der Waals surface area (Å²) in [4.78, 5) is 20.3. The number of carbonyl (C=O) groups is 1. The number of hydrogen-bond acceptors (Lipinski definition) is 6. The fourth-order valence-corrected chi connectivity index (χ4v) is 2.62. The van der Waals surface area contributed by atoms with Gasteiger partial charge in [-0.25, -0.2) is 9.97 Å². The van der Waals surface area contributed by atoms with Crippen LogP contribution in [0, 0.1) is 0 Å². The molecule has 0 fully saturated rings. The molecule has 0 spiro atoms. The molecule has 0 bridgehead atoms. The van der Waals surface area contributed by atoms with Crippen molar-refractivity contribution in [3.8, 4) is 0 Å².